The molecule has 1 rings (SSSR count). The van der Waals surface area contributed by atoms with Crippen LogP contribution in [0.4, 0.5) is 0 Å². The summed E-state index contributed by atoms with van der Waals surface area (Å²) in [6.45, 7) is 8.14. The van der Waals surface area contributed by atoms with Crippen LogP contribution in [0.2, 0.25) is 0 Å². The van der Waals surface area contributed by atoms with E-state index in [1.54, 1.807) is 0 Å². The van der Waals surface area contributed by atoms with Crippen molar-refractivity contribution in [3.05, 3.63) is 20.2 Å². The van der Waals surface area contributed by atoms with Crippen molar-refractivity contribution in [1.82, 2.24) is 16.0 Å². The molecule has 0 unspecified atom stereocenters. The second-order valence-corrected chi connectivity index (χ2v) is 2.92. The summed E-state index contributed by atoms with van der Waals surface area (Å²) in [6, 6.07) is 0. The van der Waals surface area contributed by atoms with Crippen LogP contribution in [0.15, 0.2) is 0 Å². The number of nitrogens with one attached hydrogen (secondary N) is 3. The molecule has 1 aliphatic rings. The first-order chi connectivity index (χ1) is 6.00. The van der Waals surface area contributed by atoms with E-state index in [1.165, 1.54) is 0 Å². The number of halogens is 1. The molecule has 0 amide bonds. The Morgan fingerprint density at radius 1 is 0.625 bits per heavy atom. The maximum atomic E-state index is 4.36. The Hall–Kier alpha value is 0.844. The van der Waals surface area contributed by atoms with E-state index >= 15 is 0 Å². The smallest absolute Gasteiger partial charge is 0.660 e. The van der Waals surface area contributed by atoms with Crippen molar-refractivity contribution in [3.63, 3.8) is 0 Å². The van der Waals surface area contributed by atoms with E-state index in [-0.39, 0.29) is 49.0 Å². The molecule has 1 heterocycles. The largest absolute Gasteiger partial charge is 3.00 e. The molecule has 0 bridgehead atoms. The molecule has 1 saturated heterocycles. The van der Waals surface area contributed by atoms with Crippen LogP contribution < -0.4 is 16.0 Å². The first kappa shape index (κ1) is 25.6. The molecule has 16 heavy (non-hydrogen) atoms. The Labute approximate surface area is 122 Å². The molecular weight excluding hydrogens is 259 g/mol. The fourth-order valence-electron chi connectivity index (χ4n) is 1.16. The molecular formula is C10H26ClN4Ti. The second-order valence-electron chi connectivity index (χ2n) is 2.92. The zero-order chi connectivity index (χ0) is 8.49. The Morgan fingerprint density at radius 3 is 1.31 bits per heavy atom. The first-order valence-corrected chi connectivity index (χ1v) is 4.75. The molecule has 4 nitrogen and oxygen atoms in total. The molecule has 0 aromatic heterocycles. The predicted molar refractivity (Wildman–Crippen MR) is 71.8 cm³/mol. The molecule has 0 atom stereocenters. The van der Waals surface area contributed by atoms with Gasteiger partial charge < -0.3 is 36.1 Å². The maximum absolute atomic E-state index is 4.36. The molecule has 3 N–H and O–H groups in total. The summed E-state index contributed by atoms with van der Waals surface area (Å²) in [5.74, 6) is 0. The summed E-state index contributed by atoms with van der Waals surface area (Å²) < 4.78 is 0. The van der Waals surface area contributed by atoms with E-state index in [2.05, 4.69) is 21.3 Å². The SMILES string of the molecule is C1CNCCNCCNCC[N-]1.Cl.[CH3-].[CH3-].[Ti+3]. The van der Waals surface area contributed by atoms with Crippen LogP contribution in [0.1, 0.15) is 0 Å². The number of nitrogens with zero attached hydrogens (tertiary/aromatic N) is 1. The second kappa shape index (κ2) is 21.2. The molecule has 0 saturated carbocycles. The molecule has 97 valence electrons. The van der Waals surface area contributed by atoms with Gasteiger partial charge in [0, 0.05) is 26.2 Å². The zero-order valence-corrected chi connectivity index (χ0v) is 12.9. The Bertz CT molecular complexity index is 65.8. The number of hydrogen-bond acceptors (Lipinski definition) is 3. The summed E-state index contributed by atoms with van der Waals surface area (Å²) in [7, 11) is 0. The van der Waals surface area contributed by atoms with Gasteiger partial charge in [0.1, 0.15) is 0 Å². The fraction of sp³-hybridized carbons (Fsp3) is 0.800. The van der Waals surface area contributed by atoms with E-state index in [9.17, 15) is 0 Å². The monoisotopic (exact) mass is 285 g/mol. The van der Waals surface area contributed by atoms with E-state index in [4.69, 9.17) is 0 Å². The quantitative estimate of drug-likeness (QED) is 0.448. The topological polar surface area (TPSA) is 50.2 Å². The van der Waals surface area contributed by atoms with Crippen LogP contribution in [0.25, 0.3) is 5.32 Å². The van der Waals surface area contributed by atoms with Gasteiger partial charge >= 0.3 is 21.7 Å². The van der Waals surface area contributed by atoms with Gasteiger partial charge in [0.25, 0.3) is 0 Å². The van der Waals surface area contributed by atoms with Gasteiger partial charge in [0.15, 0.2) is 0 Å². The van der Waals surface area contributed by atoms with Crippen molar-refractivity contribution < 1.29 is 21.7 Å². The van der Waals surface area contributed by atoms with Gasteiger partial charge in [0.2, 0.25) is 0 Å². The molecule has 1 radical (unpaired) electrons. The fourth-order valence-corrected chi connectivity index (χ4v) is 1.16. The summed E-state index contributed by atoms with van der Waals surface area (Å²) in [5.41, 5.74) is 0. The van der Waals surface area contributed by atoms with E-state index in [0.29, 0.717) is 0 Å². The average molecular weight is 286 g/mol. The summed E-state index contributed by atoms with van der Waals surface area (Å²) in [6.07, 6.45) is 0. The molecule has 0 aliphatic carbocycles. The summed E-state index contributed by atoms with van der Waals surface area (Å²) in [4.78, 5) is 0. The van der Waals surface area contributed by atoms with Crippen LogP contribution in [-0.2, 0) is 21.7 Å². The Balaban J connectivity index is -0.000000180. The van der Waals surface area contributed by atoms with Crippen LogP contribution in [0.3, 0.4) is 0 Å². The van der Waals surface area contributed by atoms with Crippen LogP contribution >= 0.6 is 12.4 Å². The minimum Gasteiger partial charge on any atom is -0.660 e. The van der Waals surface area contributed by atoms with Gasteiger partial charge in [-0.05, 0) is 13.1 Å². The van der Waals surface area contributed by atoms with Gasteiger partial charge in [-0.25, -0.2) is 0 Å². The van der Waals surface area contributed by atoms with Crippen molar-refractivity contribution in [3.8, 4) is 0 Å². The zero-order valence-electron chi connectivity index (χ0n) is 10.5. The van der Waals surface area contributed by atoms with E-state index in [0.717, 1.165) is 52.4 Å². The van der Waals surface area contributed by atoms with Crippen molar-refractivity contribution in [2.75, 3.05) is 52.4 Å². The first-order valence-electron chi connectivity index (χ1n) is 4.75. The van der Waals surface area contributed by atoms with Crippen molar-refractivity contribution in [2.24, 2.45) is 0 Å². The molecule has 6 heteroatoms. The summed E-state index contributed by atoms with van der Waals surface area (Å²) >= 11 is 0. The van der Waals surface area contributed by atoms with Crippen LogP contribution in [0.5, 0.6) is 0 Å². The van der Waals surface area contributed by atoms with Crippen LogP contribution in [-0.4, -0.2) is 52.4 Å². The van der Waals surface area contributed by atoms with Gasteiger partial charge in [-0.3, -0.25) is 0 Å². The maximum Gasteiger partial charge on any atom is 3.00 e. The van der Waals surface area contributed by atoms with Crippen molar-refractivity contribution in [2.45, 2.75) is 0 Å². The Kier molecular flexibility index (Phi) is 33.9. The third kappa shape index (κ3) is 17.2. The third-order valence-corrected chi connectivity index (χ3v) is 1.85. The molecule has 0 aromatic carbocycles. The van der Waals surface area contributed by atoms with Crippen molar-refractivity contribution in [1.29, 1.82) is 0 Å². The number of hydrogen-bond donors (Lipinski definition) is 3. The van der Waals surface area contributed by atoms with E-state index < -0.39 is 0 Å². The average Bonchev–Trinajstić information content (AvgIpc) is 2.05. The van der Waals surface area contributed by atoms with E-state index in [1.807, 2.05) is 0 Å². The van der Waals surface area contributed by atoms with Crippen LogP contribution in [0, 0.1) is 14.9 Å². The van der Waals surface area contributed by atoms with Crippen molar-refractivity contribution >= 4 is 12.4 Å². The standard InChI is InChI=1S/C8H19N4.2CH3.ClH.Ti/c1-2-10-5-6-12-8-7-11-4-3-9-1;;;;/h9-11H,1-8H2;2*1H3;1H;/q3*-1;;+3. The minimum absolute atomic E-state index is 0. The molecule has 1 aliphatic heterocycles. The minimum atomic E-state index is 0. The van der Waals surface area contributed by atoms with Gasteiger partial charge in [-0.2, -0.15) is 0 Å². The van der Waals surface area contributed by atoms with Gasteiger partial charge in [-0.15, -0.1) is 25.5 Å². The van der Waals surface area contributed by atoms with Gasteiger partial charge in [0.05, 0.1) is 0 Å². The number of rotatable bonds is 0. The third-order valence-electron chi connectivity index (χ3n) is 1.85. The molecule has 0 aromatic rings. The molecule has 1 fully saturated rings. The van der Waals surface area contributed by atoms with Gasteiger partial charge in [-0.1, -0.05) is 0 Å². The normalized spacial score (nSPS) is 18.0. The predicted octanol–water partition coefficient (Wildman–Crippen LogP) is 0.462. The Morgan fingerprint density at radius 2 is 0.938 bits per heavy atom. The summed E-state index contributed by atoms with van der Waals surface area (Å²) in [5, 5.41) is 14.4. The molecule has 0 spiro atoms.